The van der Waals surface area contributed by atoms with E-state index in [1.165, 1.54) is 25.3 Å². The summed E-state index contributed by atoms with van der Waals surface area (Å²) in [5, 5.41) is 11.6. The van der Waals surface area contributed by atoms with E-state index in [-0.39, 0.29) is 23.4 Å². The average molecular weight is 647 g/mol. The quantitative estimate of drug-likeness (QED) is 0.206. The summed E-state index contributed by atoms with van der Waals surface area (Å²) in [6.45, 7) is 1.83. The highest BCUT2D eigenvalue weighted by atomic mass is 127. The first-order valence-electron chi connectivity index (χ1n) is 11.1. The SMILES string of the molecule is COc1cc(/C=C2\C(=O)NC(=O)N(c3cccc(Cl)c3C)C2=O)cc(I)c1OCc1ccc(C(=O)O)cc1. The second kappa shape index (κ2) is 11.2. The summed E-state index contributed by atoms with van der Waals surface area (Å²) >= 11 is 8.22. The number of anilines is 1. The number of barbiturate groups is 1. The van der Waals surface area contributed by atoms with Crippen molar-refractivity contribution in [3.05, 3.63) is 91.0 Å². The number of urea groups is 1. The lowest BCUT2D eigenvalue weighted by molar-refractivity contribution is -0.122. The summed E-state index contributed by atoms with van der Waals surface area (Å²) in [4.78, 5) is 50.4. The highest BCUT2D eigenvalue weighted by Gasteiger charge is 2.37. The predicted molar refractivity (Wildman–Crippen MR) is 149 cm³/mol. The molecule has 9 nitrogen and oxygen atoms in total. The molecule has 4 rings (SSSR count). The number of ether oxygens (including phenoxy) is 2. The Hall–Kier alpha value is -3.90. The highest BCUT2D eigenvalue weighted by molar-refractivity contribution is 14.1. The minimum Gasteiger partial charge on any atom is -0.493 e. The molecule has 3 aromatic rings. The van der Waals surface area contributed by atoms with Gasteiger partial charge in [0.25, 0.3) is 11.8 Å². The Morgan fingerprint density at radius 2 is 1.84 bits per heavy atom. The van der Waals surface area contributed by atoms with Crippen LogP contribution in [-0.4, -0.2) is 36.0 Å². The molecule has 3 aromatic carbocycles. The van der Waals surface area contributed by atoms with Crippen molar-refractivity contribution in [2.45, 2.75) is 13.5 Å². The van der Waals surface area contributed by atoms with Crippen LogP contribution < -0.4 is 19.7 Å². The van der Waals surface area contributed by atoms with Gasteiger partial charge in [0.2, 0.25) is 0 Å². The summed E-state index contributed by atoms with van der Waals surface area (Å²) in [5.74, 6) is -1.84. The van der Waals surface area contributed by atoms with Gasteiger partial charge in [-0.15, -0.1) is 0 Å². The van der Waals surface area contributed by atoms with Crippen LogP contribution in [0.25, 0.3) is 6.08 Å². The molecule has 0 aromatic heterocycles. The standard InChI is InChI=1S/C27H20ClIN2O7/c1-14-19(28)4-3-5-21(14)31-25(33)18(24(32)30-27(31)36)10-16-11-20(29)23(22(12-16)37-2)38-13-15-6-8-17(9-7-15)26(34)35/h3-12H,13H2,1-2H3,(H,34,35)(H,30,32,36)/b18-10+. The molecule has 0 atom stereocenters. The van der Waals surface area contributed by atoms with Gasteiger partial charge < -0.3 is 14.6 Å². The van der Waals surface area contributed by atoms with Crippen LogP contribution in [0.3, 0.4) is 0 Å². The number of hydrogen-bond acceptors (Lipinski definition) is 6. The number of imide groups is 2. The normalized spacial score (nSPS) is 14.5. The van der Waals surface area contributed by atoms with Crippen LogP contribution in [-0.2, 0) is 16.2 Å². The molecule has 1 aliphatic heterocycles. The summed E-state index contributed by atoms with van der Waals surface area (Å²) in [5.41, 5.74) is 1.94. The first-order chi connectivity index (χ1) is 18.1. The zero-order valence-corrected chi connectivity index (χ0v) is 23.0. The van der Waals surface area contributed by atoms with Crippen LogP contribution in [0, 0.1) is 10.5 Å². The van der Waals surface area contributed by atoms with Crippen LogP contribution >= 0.6 is 34.2 Å². The molecular formula is C27H20ClIN2O7. The fourth-order valence-electron chi connectivity index (χ4n) is 3.74. The fourth-order valence-corrected chi connectivity index (χ4v) is 4.69. The van der Waals surface area contributed by atoms with Gasteiger partial charge in [-0.3, -0.25) is 14.9 Å². The van der Waals surface area contributed by atoms with Crippen molar-refractivity contribution in [3.8, 4) is 11.5 Å². The number of benzene rings is 3. The molecule has 0 unspecified atom stereocenters. The molecule has 0 spiro atoms. The maximum atomic E-state index is 13.3. The molecule has 1 aliphatic rings. The molecule has 1 saturated heterocycles. The average Bonchev–Trinajstić information content (AvgIpc) is 2.88. The lowest BCUT2D eigenvalue weighted by Gasteiger charge is -2.27. The second-order valence-corrected chi connectivity index (χ2v) is 9.74. The maximum absolute atomic E-state index is 13.3. The van der Waals surface area contributed by atoms with E-state index >= 15 is 0 Å². The van der Waals surface area contributed by atoms with Crippen LogP contribution in [0.5, 0.6) is 11.5 Å². The number of carboxylic acids is 1. The number of carbonyl (C=O) groups excluding carboxylic acids is 3. The van der Waals surface area contributed by atoms with E-state index in [0.29, 0.717) is 31.2 Å². The van der Waals surface area contributed by atoms with Gasteiger partial charge in [-0.1, -0.05) is 29.8 Å². The molecule has 0 radical (unpaired) electrons. The Bertz CT molecular complexity index is 1500. The van der Waals surface area contributed by atoms with Crippen molar-refractivity contribution in [2.24, 2.45) is 0 Å². The number of methoxy groups -OCH3 is 1. The molecule has 0 saturated carbocycles. The molecule has 194 valence electrons. The number of halogens is 2. The van der Waals surface area contributed by atoms with Crippen LogP contribution in [0.2, 0.25) is 5.02 Å². The third-order valence-electron chi connectivity index (χ3n) is 5.73. The molecule has 2 N–H and O–H groups in total. The molecule has 38 heavy (non-hydrogen) atoms. The highest BCUT2D eigenvalue weighted by Crippen LogP contribution is 2.36. The second-order valence-electron chi connectivity index (χ2n) is 8.17. The summed E-state index contributed by atoms with van der Waals surface area (Å²) in [7, 11) is 1.46. The van der Waals surface area contributed by atoms with Gasteiger partial charge in [0, 0.05) is 5.02 Å². The minimum absolute atomic E-state index is 0.156. The molecule has 1 heterocycles. The van der Waals surface area contributed by atoms with Crippen molar-refractivity contribution in [2.75, 3.05) is 12.0 Å². The number of hydrogen-bond donors (Lipinski definition) is 2. The van der Waals surface area contributed by atoms with E-state index in [1.54, 1.807) is 49.4 Å². The van der Waals surface area contributed by atoms with Crippen LogP contribution in [0.1, 0.15) is 27.0 Å². The van der Waals surface area contributed by atoms with Gasteiger partial charge in [0.15, 0.2) is 11.5 Å². The first-order valence-corrected chi connectivity index (χ1v) is 12.6. The third kappa shape index (κ3) is 5.50. The fraction of sp³-hybridized carbons (Fsp3) is 0.111. The topological polar surface area (TPSA) is 122 Å². The van der Waals surface area contributed by atoms with Gasteiger partial charge in [-0.25, -0.2) is 14.5 Å². The van der Waals surface area contributed by atoms with E-state index < -0.39 is 23.8 Å². The van der Waals surface area contributed by atoms with Crippen molar-refractivity contribution < 1.29 is 33.8 Å². The van der Waals surface area contributed by atoms with E-state index in [0.717, 1.165) is 10.5 Å². The smallest absolute Gasteiger partial charge is 0.335 e. The lowest BCUT2D eigenvalue weighted by atomic mass is 10.1. The maximum Gasteiger partial charge on any atom is 0.335 e. The number of nitrogens with one attached hydrogen (secondary N) is 1. The summed E-state index contributed by atoms with van der Waals surface area (Å²) in [6.07, 6.45) is 1.37. The van der Waals surface area contributed by atoms with Gasteiger partial charge >= 0.3 is 12.0 Å². The minimum atomic E-state index is -1.02. The van der Waals surface area contributed by atoms with Crippen molar-refractivity contribution >= 4 is 69.8 Å². The Morgan fingerprint density at radius 3 is 2.50 bits per heavy atom. The predicted octanol–water partition coefficient (Wildman–Crippen LogP) is 5.21. The third-order valence-corrected chi connectivity index (χ3v) is 6.94. The Balaban J connectivity index is 1.63. The largest absolute Gasteiger partial charge is 0.493 e. The molecule has 1 fully saturated rings. The zero-order valence-electron chi connectivity index (χ0n) is 20.1. The van der Waals surface area contributed by atoms with Crippen LogP contribution in [0.15, 0.2) is 60.2 Å². The van der Waals surface area contributed by atoms with Crippen molar-refractivity contribution in [1.82, 2.24) is 5.32 Å². The van der Waals surface area contributed by atoms with E-state index in [4.69, 9.17) is 26.2 Å². The Kier molecular flexibility index (Phi) is 8.02. The molecule has 0 aliphatic carbocycles. The number of amides is 4. The summed E-state index contributed by atoms with van der Waals surface area (Å²) < 4.78 is 12.1. The number of carbonyl (C=O) groups is 4. The van der Waals surface area contributed by atoms with Gasteiger partial charge in [0.05, 0.1) is 21.9 Å². The van der Waals surface area contributed by atoms with E-state index in [1.807, 2.05) is 22.6 Å². The molecule has 4 amide bonds. The van der Waals surface area contributed by atoms with Gasteiger partial charge in [-0.2, -0.15) is 0 Å². The Labute approximate surface area is 236 Å². The zero-order chi connectivity index (χ0) is 27.6. The van der Waals surface area contributed by atoms with E-state index in [9.17, 15) is 19.2 Å². The summed E-state index contributed by atoms with van der Waals surface area (Å²) in [6, 6.07) is 13.5. The number of rotatable bonds is 7. The van der Waals surface area contributed by atoms with Crippen LogP contribution in [0.4, 0.5) is 10.5 Å². The monoisotopic (exact) mass is 646 g/mol. The van der Waals surface area contributed by atoms with Gasteiger partial charge in [-0.05, 0) is 88.7 Å². The van der Waals surface area contributed by atoms with Crippen molar-refractivity contribution in [1.29, 1.82) is 0 Å². The number of aromatic carboxylic acids is 1. The number of carboxylic acid groups (broad SMARTS) is 1. The first kappa shape index (κ1) is 27.1. The molecule has 11 heteroatoms. The molecule has 0 bridgehead atoms. The van der Waals surface area contributed by atoms with Gasteiger partial charge in [0.1, 0.15) is 12.2 Å². The number of nitrogens with zero attached hydrogens (tertiary/aromatic N) is 1. The molecular weight excluding hydrogens is 627 g/mol. The Morgan fingerprint density at radius 1 is 1.13 bits per heavy atom. The lowest BCUT2D eigenvalue weighted by Crippen LogP contribution is -2.54. The van der Waals surface area contributed by atoms with Crippen molar-refractivity contribution in [3.63, 3.8) is 0 Å². The van der Waals surface area contributed by atoms with E-state index in [2.05, 4.69) is 5.32 Å².